The van der Waals surface area contributed by atoms with Crippen molar-refractivity contribution >= 4 is 23.1 Å². The zero-order valence-corrected chi connectivity index (χ0v) is 10.6. The number of aryl methyl sites for hydroxylation is 1. The molecule has 94 valence electrons. The average molecular weight is 268 g/mol. The van der Waals surface area contributed by atoms with E-state index in [0.29, 0.717) is 5.69 Å². The van der Waals surface area contributed by atoms with Gasteiger partial charge < -0.3 is 10.1 Å². The Labute approximate surface area is 109 Å². The van der Waals surface area contributed by atoms with E-state index in [2.05, 4.69) is 15.3 Å². The highest BCUT2D eigenvalue weighted by atomic mass is 35.5. The molecule has 0 aliphatic carbocycles. The van der Waals surface area contributed by atoms with Crippen LogP contribution in [0.25, 0.3) is 0 Å². The SMILES string of the molecule is COc1ccc(Nc2nc(Cl)ncc2F)cc1C. The van der Waals surface area contributed by atoms with Gasteiger partial charge in [-0.25, -0.2) is 9.37 Å². The largest absolute Gasteiger partial charge is 0.496 e. The summed E-state index contributed by atoms with van der Waals surface area (Å²) in [6.45, 7) is 1.90. The fourth-order valence-corrected chi connectivity index (χ4v) is 1.66. The van der Waals surface area contributed by atoms with Crippen molar-refractivity contribution in [3.05, 3.63) is 41.1 Å². The number of rotatable bonds is 3. The van der Waals surface area contributed by atoms with Gasteiger partial charge in [-0.2, -0.15) is 4.98 Å². The molecule has 18 heavy (non-hydrogen) atoms. The first-order chi connectivity index (χ1) is 8.60. The smallest absolute Gasteiger partial charge is 0.224 e. The van der Waals surface area contributed by atoms with Crippen LogP contribution in [0, 0.1) is 12.7 Å². The highest BCUT2D eigenvalue weighted by Gasteiger charge is 2.07. The lowest BCUT2D eigenvalue weighted by molar-refractivity contribution is 0.412. The Balaban J connectivity index is 2.28. The van der Waals surface area contributed by atoms with Crippen LogP contribution in [0.5, 0.6) is 5.75 Å². The number of benzene rings is 1. The van der Waals surface area contributed by atoms with E-state index in [1.165, 1.54) is 0 Å². The molecule has 6 heteroatoms. The Morgan fingerprint density at radius 1 is 1.39 bits per heavy atom. The molecule has 0 saturated heterocycles. The molecule has 0 unspecified atom stereocenters. The van der Waals surface area contributed by atoms with Gasteiger partial charge in [0.15, 0.2) is 11.6 Å². The number of hydrogen-bond donors (Lipinski definition) is 1. The molecule has 2 aromatic rings. The molecule has 0 atom stereocenters. The minimum absolute atomic E-state index is 0.0101. The van der Waals surface area contributed by atoms with Crippen molar-refractivity contribution in [2.45, 2.75) is 6.92 Å². The molecule has 0 aliphatic rings. The van der Waals surface area contributed by atoms with Crippen LogP contribution in [0.2, 0.25) is 5.28 Å². The van der Waals surface area contributed by atoms with E-state index in [1.54, 1.807) is 19.2 Å². The molecule has 1 aromatic carbocycles. The molecule has 0 saturated carbocycles. The van der Waals surface area contributed by atoms with Gasteiger partial charge in [-0.05, 0) is 42.3 Å². The molecule has 1 aromatic heterocycles. The molecular weight excluding hydrogens is 257 g/mol. The second-order valence-corrected chi connectivity index (χ2v) is 3.98. The topological polar surface area (TPSA) is 47.0 Å². The number of ether oxygens (including phenoxy) is 1. The van der Waals surface area contributed by atoms with E-state index in [-0.39, 0.29) is 11.1 Å². The van der Waals surface area contributed by atoms with Crippen molar-refractivity contribution in [3.8, 4) is 5.75 Å². The van der Waals surface area contributed by atoms with Crippen LogP contribution in [0.1, 0.15) is 5.56 Å². The van der Waals surface area contributed by atoms with E-state index < -0.39 is 5.82 Å². The van der Waals surface area contributed by atoms with Gasteiger partial charge in [0.05, 0.1) is 13.3 Å². The number of methoxy groups -OCH3 is 1. The molecule has 0 aliphatic heterocycles. The fraction of sp³-hybridized carbons (Fsp3) is 0.167. The van der Waals surface area contributed by atoms with E-state index >= 15 is 0 Å². The van der Waals surface area contributed by atoms with Gasteiger partial charge in [0.2, 0.25) is 5.28 Å². The molecule has 2 rings (SSSR count). The first kappa shape index (κ1) is 12.6. The quantitative estimate of drug-likeness (QED) is 0.867. The Morgan fingerprint density at radius 2 is 2.17 bits per heavy atom. The van der Waals surface area contributed by atoms with Crippen LogP contribution in [-0.2, 0) is 0 Å². The predicted molar refractivity (Wildman–Crippen MR) is 68.0 cm³/mol. The monoisotopic (exact) mass is 267 g/mol. The maximum atomic E-state index is 13.4. The number of halogens is 2. The van der Waals surface area contributed by atoms with Crippen LogP contribution in [0.4, 0.5) is 15.9 Å². The van der Waals surface area contributed by atoms with Crippen LogP contribution in [-0.4, -0.2) is 17.1 Å². The predicted octanol–water partition coefficient (Wildman–Crippen LogP) is 3.33. The number of hydrogen-bond acceptors (Lipinski definition) is 4. The Hall–Kier alpha value is -1.88. The molecule has 0 amide bonds. The summed E-state index contributed by atoms with van der Waals surface area (Å²) >= 11 is 5.61. The lowest BCUT2D eigenvalue weighted by atomic mass is 10.2. The summed E-state index contributed by atoms with van der Waals surface area (Å²) in [4.78, 5) is 7.32. The number of nitrogens with zero attached hydrogens (tertiary/aromatic N) is 2. The normalized spacial score (nSPS) is 10.2. The molecule has 0 radical (unpaired) electrons. The summed E-state index contributed by atoms with van der Waals surface area (Å²) in [6.07, 6.45) is 1.02. The van der Waals surface area contributed by atoms with E-state index in [0.717, 1.165) is 17.5 Å². The first-order valence-corrected chi connectivity index (χ1v) is 5.57. The zero-order valence-electron chi connectivity index (χ0n) is 9.87. The second kappa shape index (κ2) is 5.18. The zero-order chi connectivity index (χ0) is 13.1. The highest BCUT2D eigenvalue weighted by Crippen LogP contribution is 2.24. The second-order valence-electron chi connectivity index (χ2n) is 3.64. The summed E-state index contributed by atoms with van der Waals surface area (Å²) in [7, 11) is 1.60. The van der Waals surface area contributed by atoms with Gasteiger partial charge in [0.1, 0.15) is 5.75 Å². The maximum absolute atomic E-state index is 13.4. The number of anilines is 2. The summed E-state index contributed by atoms with van der Waals surface area (Å²) in [5.74, 6) is 0.245. The van der Waals surface area contributed by atoms with Gasteiger partial charge in [0, 0.05) is 5.69 Å². The van der Waals surface area contributed by atoms with Gasteiger partial charge >= 0.3 is 0 Å². The lowest BCUT2D eigenvalue weighted by Gasteiger charge is -2.09. The average Bonchev–Trinajstić information content (AvgIpc) is 2.34. The van der Waals surface area contributed by atoms with Gasteiger partial charge in [0.25, 0.3) is 0 Å². The summed E-state index contributed by atoms with van der Waals surface area (Å²) in [6, 6.07) is 5.38. The van der Waals surface area contributed by atoms with E-state index in [4.69, 9.17) is 16.3 Å². The third-order valence-corrected chi connectivity index (χ3v) is 2.55. The standard InChI is InChI=1S/C12H11ClFN3O/c1-7-5-8(3-4-10(7)18-2)16-11-9(14)6-15-12(13)17-11/h3-6H,1-2H3,(H,15,16,17). The van der Waals surface area contributed by atoms with Crippen molar-refractivity contribution < 1.29 is 9.13 Å². The van der Waals surface area contributed by atoms with Crippen LogP contribution in [0.3, 0.4) is 0 Å². The van der Waals surface area contributed by atoms with Crippen molar-refractivity contribution in [3.63, 3.8) is 0 Å². The number of nitrogens with one attached hydrogen (secondary N) is 1. The van der Waals surface area contributed by atoms with Crippen molar-refractivity contribution in [1.82, 2.24) is 9.97 Å². The molecule has 4 nitrogen and oxygen atoms in total. The maximum Gasteiger partial charge on any atom is 0.224 e. The van der Waals surface area contributed by atoms with Crippen molar-refractivity contribution in [1.29, 1.82) is 0 Å². The van der Waals surface area contributed by atoms with Crippen molar-refractivity contribution in [2.75, 3.05) is 12.4 Å². The molecule has 0 spiro atoms. The van der Waals surface area contributed by atoms with Gasteiger partial charge in [-0.3, -0.25) is 0 Å². The van der Waals surface area contributed by atoms with E-state index in [9.17, 15) is 4.39 Å². The van der Waals surface area contributed by atoms with Crippen LogP contribution < -0.4 is 10.1 Å². The Morgan fingerprint density at radius 3 is 2.83 bits per heavy atom. The minimum Gasteiger partial charge on any atom is -0.496 e. The summed E-state index contributed by atoms with van der Waals surface area (Å²) in [5, 5.41) is 2.83. The number of aromatic nitrogens is 2. The molecule has 0 fully saturated rings. The molecule has 0 bridgehead atoms. The first-order valence-electron chi connectivity index (χ1n) is 5.20. The van der Waals surface area contributed by atoms with E-state index in [1.807, 2.05) is 13.0 Å². The molecular formula is C12H11ClFN3O. The molecule has 1 N–H and O–H groups in total. The fourth-order valence-electron chi connectivity index (χ4n) is 1.53. The third-order valence-electron chi connectivity index (χ3n) is 2.37. The third kappa shape index (κ3) is 2.68. The lowest BCUT2D eigenvalue weighted by Crippen LogP contribution is -1.99. The summed E-state index contributed by atoms with van der Waals surface area (Å²) in [5.41, 5.74) is 1.63. The van der Waals surface area contributed by atoms with Gasteiger partial charge in [-0.1, -0.05) is 0 Å². The van der Waals surface area contributed by atoms with Crippen molar-refractivity contribution in [2.24, 2.45) is 0 Å². The molecule has 1 heterocycles. The summed E-state index contributed by atoms with van der Waals surface area (Å²) < 4.78 is 18.6. The minimum atomic E-state index is -0.562. The van der Waals surface area contributed by atoms with Crippen LogP contribution in [0.15, 0.2) is 24.4 Å². The van der Waals surface area contributed by atoms with Crippen LogP contribution >= 0.6 is 11.6 Å². The Kier molecular flexibility index (Phi) is 3.62. The Bertz CT molecular complexity index is 577. The van der Waals surface area contributed by atoms with Gasteiger partial charge in [-0.15, -0.1) is 0 Å². The highest BCUT2D eigenvalue weighted by molar-refractivity contribution is 6.28.